The summed E-state index contributed by atoms with van der Waals surface area (Å²) in [6.45, 7) is 23.2. The van der Waals surface area contributed by atoms with Crippen LogP contribution in [0.2, 0.25) is 0 Å². The lowest BCUT2D eigenvalue weighted by Gasteiger charge is -2.22. The van der Waals surface area contributed by atoms with Crippen molar-refractivity contribution in [2.45, 2.75) is 144 Å². The van der Waals surface area contributed by atoms with Crippen molar-refractivity contribution >= 4 is 6.29 Å². The van der Waals surface area contributed by atoms with Gasteiger partial charge in [-0.25, -0.2) is 0 Å². The SMILES string of the molecule is C=C(C)C=O.C=CC(=C)C.CCCCCc1cc(-c2ccc(C3C=CC(CC)CC3)cc2)cc(CCCCC)c1CCCCC. The van der Waals surface area contributed by atoms with E-state index >= 15 is 0 Å². The van der Waals surface area contributed by atoms with Gasteiger partial charge in [-0.05, 0) is 117 Å². The van der Waals surface area contributed by atoms with Crippen LogP contribution in [0.1, 0.15) is 147 Å². The number of rotatable bonds is 17. The molecule has 0 bridgehead atoms. The molecule has 1 aliphatic carbocycles. The standard InChI is InChI=1S/C35H52.C5H8.C4H6O/c1-5-9-12-15-32-26-34(27-33(16-13-10-6-2)35(32)17-14-11-7-3)31-24-22-30(23-25-31)29-20-18-28(8-4)19-21-29;1-4-5(2)3;1-4(2)3-5/h18,20,22-29H,5-17,19,21H2,1-4H3;4H,1-2H2,3H3;3H,1H2,2H3. The van der Waals surface area contributed by atoms with Crippen molar-refractivity contribution in [1.29, 1.82) is 0 Å². The van der Waals surface area contributed by atoms with Gasteiger partial charge < -0.3 is 0 Å². The monoisotopic (exact) mass is 611 g/mol. The van der Waals surface area contributed by atoms with Gasteiger partial charge in [0.15, 0.2) is 0 Å². The Kier molecular flexibility index (Phi) is 21.7. The Hall–Kier alpha value is -2.93. The van der Waals surface area contributed by atoms with E-state index in [-0.39, 0.29) is 0 Å². The van der Waals surface area contributed by atoms with E-state index in [0.717, 1.165) is 17.8 Å². The molecule has 0 radical (unpaired) electrons. The maximum atomic E-state index is 9.41. The highest BCUT2D eigenvalue weighted by Gasteiger charge is 2.17. The summed E-state index contributed by atoms with van der Waals surface area (Å²) in [6.07, 6.45) is 26.9. The molecule has 45 heavy (non-hydrogen) atoms. The number of aryl methyl sites for hydroxylation is 2. The van der Waals surface area contributed by atoms with Gasteiger partial charge in [-0.3, -0.25) is 4.79 Å². The van der Waals surface area contributed by atoms with E-state index in [1.807, 2.05) is 6.92 Å². The number of hydrogen-bond donors (Lipinski definition) is 0. The van der Waals surface area contributed by atoms with Gasteiger partial charge in [0.25, 0.3) is 0 Å². The van der Waals surface area contributed by atoms with Gasteiger partial charge in [0.05, 0.1) is 0 Å². The summed E-state index contributed by atoms with van der Waals surface area (Å²) in [4.78, 5) is 9.41. The summed E-state index contributed by atoms with van der Waals surface area (Å²) < 4.78 is 0. The Balaban J connectivity index is 0.000000877. The molecule has 2 aromatic carbocycles. The first-order chi connectivity index (χ1) is 21.7. The normalized spacial score (nSPS) is 15.2. The molecule has 2 aromatic rings. The molecule has 1 aliphatic rings. The van der Waals surface area contributed by atoms with Gasteiger partial charge in [0.2, 0.25) is 0 Å². The third-order valence-corrected chi connectivity index (χ3v) is 8.77. The van der Waals surface area contributed by atoms with E-state index in [1.165, 1.54) is 113 Å². The average Bonchev–Trinajstić information content (AvgIpc) is 3.06. The number of benzene rings is 2. The van der Waals surface area contributed by atoms with Crippen molar-refractivity contribution in [3.63, 3.8) is 0 Å². The average molecular weight is 611 g/mol. The minimum atomic E-state index is 0.574. The fourth-order valence-corrected chi connectivity index (χ4v) is 5.83. The summed E-state index contributed by atoms with van der Waals surface area (Å²) in [6, 6.07) is 14.7. The first kappa shape index (κ1) is 40.1. The van der Waals surface area contributed by atoms with Crippen LogP contribution >= 0.6 is 0 Å². The molecule has 2 atom stereocenters. The van der Waals surface area contributed by atoms with Crippen LogP contribution in [0.3, 0.4) is 0 Å². The highest BCUT2D eigenvalue weighted by atomic mass is 16.1. The lowest BCUT2D eigenvalue weighted by Crippen LogP contribution is -2.06. The Morgan fingerprint density at radius 1 is 0.711 bits per heavy atom. The minimum absolute atomic E-state index is 0.574. The fraction of sp³-hybridized carbons (Fsp3) is 0.523. The molecule has 0 spiro atoms. The summed E-state index contributed by atoms with van der Waals surface area (Å²) in [5.41, 5.74) is 10.9. The minimum Gasteiger partial charge on any atom is -0.298 e. The molecule has 0 N–H and O–H groups in total. The maximum absolute atomic E-state index is 9.41. The Bertz CT molecular complexity index is 1110. The van der Waals surface area contributed by atoms with Crippen LogP contribution in [0.5, 0.6) is 0 Å². The topological polar surface area (TPSA) is 17.1 Å². The second-order valence-electron chi connectivity index (χ2n) is 13.0. The quantitative estimate of drug-likeness (QED) is 0.0572. The predicted octanol–water partition coefficient (Wildman–Crippen LogP) is 13.5. The number of carbonyl (C=O) groups is 1. The van der Waals surface area contributed by atoms with Gasteiger partial charge in [-0.1, -0.05) is 146 Å². The first-order valence-corrected chi connectivity index (χ1v) is 18.1. The van der Waals surface area contributed by atoms with Crippen LogP contribution in [0.25, 0.3) is 11.1 Å². The number of allylic oxidation sites excluding steroid dienone is 5. The van der Waals surface area contributed by atoms with E-state index < -0.39 is 0 Å². The van der Waals surface area contributed by atoms with Crippen LogP contribution < -0.4 is 0 Å². The molecular weight excluding hydrogens is 544 g/mol. The molecule has 0 aliphatic heterocycles. The van der Waals surface area contributed by atoms with E-state index in [4.69, 9.17) is 0 Å². The van der Waals surface area contributed by atoms with Crippen molar-refractivity contribution in [3.8, 4) is 11.1 Å². The molecule has 0 heterocycles. The van der Waals surface area contributed by atoms with Crippen LogP contribution in [0, 0.1) is 5.92 Å². The zero-order chi connectivity index (χ0) is 33.5. The lowest BCUT2D eigenvalue weighted by atomic mass is 9.83. The third-order valence-electron chi connectivity index (χ3n) is 8.77. The fourth-order valence-electron chi connectivity index (χ4n) is 5.83. The smallest absolute Gasteiger partial charge is 0.145 e. The largest absolute Gasteiger partial charge is 0.298 e. The van der Waals surface area contributed by atoms with Gasteiger partial charge in [0, 0.05) is 5.92 Å². The maximum Gasteiger partial charge on any atom is 0.145 e. The second kappa shape index (κ2) is 24.3. The molecule has 0 fully saturated rings. The molecule has 0 amide bonds. The van der Waals surface area contributed by atoms with Crippen molar-refractivity contribution in [1.82, 2.24) is 0 Å². The zero-order valence-electron chi connectivity index (χ0n) is 30.1. The van der Waals surface area contributed by atoms with E-state index in [2.05, 4.69) is 96.0 Å². The molecule has 3 rings (SSSR count). The second-order valence-corrected chi connectivity index (χ2v) is 13.0. The van der Waals surface area contributed by atoms with Crippen molar-refractivity contribution in [2.75, 3.05) is 0 Å². The van der Waals surface area contributed by atoms with Gasteiger partial charge in [-0.15, -0.1) is 0 Å². The predicted molar refractivity (Wildman–Crippen MR) is 202 cm³/mol. The van der Waals surface area contributed by atoms with Crippen LogP contribution in [-0.2, 0) is 24.1 Å². The van der Waals surface area contributed by atoms with Gasteiger partial charge in [0.1, 0.15) is 6.29 Å². The van der Waals surface area contributed by atoms with E-state index in [9.17, 15) is 4.79 Å². The van der Waals surface area contributed by atoms with Crippen LogP contribution in [-0.4, -0.2) is 6.29 Å². The molecular formula is C44H66O. The third kappa shape index (κ3) is 16.3. The molecule has 1 nitrogen and oxygen atoms in total. The molecule has 2 unspecified atom stereocenters. The number of aldehydes is 1. The number of carbonyl (C=O) groups excluding carboxylic acids is 1. The molecule has 1 heteroatoms. The lowest BCUT2D eigenvalue weighted by molar-refractivity contribution is -0.104. The summed E-state index contributed by atoms with van der Waals surface area (Å²) in [5, 5.41) is 0. The van der Waals surface area contributed by atoms with Crippen molar-refractivity contribution < 1.29 is 4.79 Å². The summed E-state index contributed by atoms with van der Waals surface area (Å²) in [5.74, 6) is 1.39. The van der Waals surface area contributed by atoms with Crippen LogP contribution in [0.4, 0.5) is 0 Å². The van der Waals surface area contributed by atoms with Gasteiger partial charge >= 0.3 is 0 Å². The van der Waals surface area contributed by atoms with Crippen molar-refractivity contribution in [3.05, 3.63) is 108 Å². The Labute approximate surface area is 279 Å². The number of unbranched alkanes of at least 4 members (excludes halogenated alkanes) is 6. The van der Waals surface area contributed by atoms with Crippen molar-refractivity contribution in [2.24, 2.45) is 5.92 Å². The summed E-state index contributed by atoms with van der Waals surface area (Å²) >= 11 is 0. The van der Waals surface area contributed by atoms with E-state index in [1.54, 1.807) is 29.7 Å². The number of hydrogen-bond acceptors (Lipinski definition) is 1. The summed E-state index contributed by atoms with van der Waals surface area (Å²) in [7, 11) is 0. The van der Waals surface area contributed by atoms with E-state index in [0.29, 0.717) is 11.5 Å². The van der Waals surface area contributed by atoms with Crippen LogP contribution in [0.15, 0.2) is 85.5 Å². The van der Waals surface area contributed by atoms with Gasteiger partial charge in [-0.2, -0.15) is 0 Å². The first-order valence-electron chi connectivity index (χ1n) is 18.1. The Morgan fingerprint density at radius 3 is 1.58 bits per heavy atom. The molecule has 0 aromatic heterocycles. The highest BCUT2D eigenvalue weighted by Crippen LogP contribution is 2.34. The molecule has 0 saturated heterocycles. The molecule has 248 valence electrons. The Morgan fingerprint density at radius 2 is 1.20 bits per heavy atom. The zero-order valence-corrected chi connectivity index (χ0v) is 30.1. The highest BCUT2D eigenvalue weighted by molar-refractivity contribution is 5.70. The molecule has 0 saturated carbocycles.